The van der Waals surface area contributed by atoms with Crippen LogP contribution in [0.2, 0.25) is 0 Å². The standard InChI is InChI=1S/C20H22F3N5O3S/c1-12(21)32(29,30)28-9-14(10-28)13-4-5-16(18(6-13)31-20(22)23)27(3)19-7-17-15(8-24-19)25-11-26(17)2/h4-8,11-12,14,20H,9-10H2,1-3H3. The Bertz CT molecular complexity index is 1240. The van der Waals surface area contributed by atoms with Crippen LogP contribution in [-0.4, -0.2) is 59.5 Å². The lowest BCUT2D eigenvalue weighted by Crippen LogP contribution is -2.50. The number of anilines is 2. The summed E-state index contributed by atoms with van der Waals surface area (Å²) in [7, 11) is -0.476. The van der Waals surface area contributed by atoms with Gasteiger partial charge in [-0.1, -0.05) is 6.07 Å². The Morgan fingerprint density at radius 1 is 1.19 bits per heavy atom. The molecule has 2 aromatic heterocycles. The fourth-order valence-corrected chi connectivity index (χ4v) is 4.83. The molecular formula is C20H22F3N5O3S. The molecule has 8 nitrogen and oxygen atoms in total. The van der Waals surface area contributed by atoms with Crippen molar-refractivity contribution in [1.82, 2.24) is 18.8 Å². The summed E-state index contributed by atoms with van der Waals surface area (Å²) in [6.45, 7) is -1.91. The highest BCUT2D eigenvalue weighted by atomic mass is 32.2. The van der Waals surface area contributed by atoms with Crippen molar-refractivity contribution in [2.45, 2.75) is 25.0 Å². The van der Waals surface area contributed by atoms with Gasteiger partial charge < -0.3 is 14.2 Å². The largest absolute Gasteiger partial charge is 0.433 e. The van der Waals surface area contributed by atoms with Crippen molar-refractivity contribution >= 4 is 32.6 Å². The average Bonchev–Trinajstić information content (AvgIpc) is 3.06. The van der Waals surface area contributed by atoms with E-state index in [-0.39, 0.29) is 24.8 Å². The molecule has 0 bridgehead atoms. The third-order valence-corrected chi connectivity index (χ3v) is 7.43. The maximum atomic E-state index is 13.3. The normalized spacial score (nSPS) is 16.3. The van der Waals surface area contributed by atoms with Crippen LogP contribution in [0.3, 0.4) is 0 Å². The molecule has 1 unspecified atom stereocenters. The number of alkyl halides is 3. The maximum Gasteiger partial charge on any atom is 0.387 e. The van der Waals surface area contributed by atoms with E-state index in [1.165, 1.54) is 6.07 Å². The van der Waals surface area contributed by atoms with Gasteiger partial charge in [0.15, 0.2) is 0 Å². The number of aromatic nitrogens is 3. The van der Waals surface area contributed by atoms with Crippen LogP contribution in [0.4, 0.5) is 24.7 Å². The number of halogens is 3. The van der Waals surface area contributed by atoms with Crippen LogP contribution < -0.4 is 9.64 Å². The number of pyridine rings is 1. The molecule has 172 valence electrons. The van der Waals surface area contributed by atoms with Crippen LogP contribution in [0, 0.1) is 0 Å². The van der Waals surface area contributed by atoms with Crippen LogP contribution in [0.15, 0.2) is 36.8 Å². The summed E-state index contributed by atoms with van der Waals surface area (Å²) < 4.78 is 71.0. The summed E-state index contributed by atoms with van der Waals surface area (Å²) >= 11 is 0. The van der Waals surface area contributed by atoms with Gasteiger partial charge in [0.2, 0.25) is 15.5 Å². The van der Waals surface area contributed by atoms with E-state index < -0.39 is 22.1 Å². The van der Waals surface area contributed by atoms with Crippen LogP contribution in [0.1, 0.15) is 18.4 Å². The third kappa shape index (κ3) is 3.99. The van der Waals surface area contributed by atoms with Crippen LogP contribution in [-0.2, 0) is 17.1 Å². The van der Waals surface area contributed by atoms with Gasteiger partial charge in [-0.2, -0.15) is 13.1 Å². The summed E-state index contributed by atoms with van der Waals surface area (Å²) in [6.07, 6.45) is 3.25. The third-order valence-electron chi connectivity index (χ3n) is 5.59. The molecule has 1 aliphatic rings. The number of ether oxygens (including phenoxy) is 1. The predicted octanol–water partition coefficient (Wildman–Crippen LogP) is 3.38. The molecule has 0 amide bonds. The molecular weight excluding hydrogens is 447 g/mol. The van der Waals surface area contributed by atoms with E-state index >= 15 is 0 Å². The Hall–Kier alpha value is -2.86. The first kappa shape index (κ1) is 22.3. The molecule has 1 fully saturated rings. The SMILES string of the molecule is CC(F)S(=O)(=O)N1CC(c2ccc(N(C)c3cc4c(cn3)ncn4C)c(OC(F)F)c2)C1. The number of aryl methyl sites for hydroxylation is 1. The summed E-state index contributed by atoms with van der Waals surface area (Å²) in [6, 6.07) is 6.60. The highest BCUT2D eigenvalue weighted by Gasteiger charge is 2.39. The van der Waals surface area contributed by atoms with Gasteiger partial charge in [0.05, 0.1) is 23.7 Å². The van der Waals surface area contributed by atoms with E-state index in [4.69, 9.17) is 4.74 Å². The Morgan fingerprint density at radius 2 is 1.91 bits per heavy atom. The van der Waals surface area contributed by atoms with Gasteiger partial charge in [0.1, 0.15) is 17.1 Å². The van der Waals surface area contributed by atoms with E-state index in [0.717, 1.165) is 16.7 Å². The lowest BCUT2D eigenvalue weighted by molar-refractivity contribution is -0.0495. The van der Waals surface area contributed by atoms with Gasteiger partial charge in [-0.25, -0.2) is 22.8 Å². The summed E-state index contributed by atoms with van der Waals surface area (Å²) in [4.78, 5) is 10.2. The molecule has 0 saturated carbocycles. The second-order valence-electron chi connectivity index (χ2n) is 7.65. The minimum absolute atomic E-state index is 0.0629. The van der Waals surface area contributed by atoms with Gasteiger partial charge in [-0.05, 0) is 24.6 Å². The van der Waals surface area contributed by atoms with E-state index in [2.05, 4.69) is 9.97 Å². The van der Waals surface area contributed by atoms with E-state index in [9.17, 15) is 21.6 Å². The lowest BCUT2D eigenvalue weighted by Gasteiger charge is -2.39. The molecule has 0 spiro atoms. The molecule has 1 saturated heterocycles. The average molecular weight is 469 g/mol. The minimum atomic E-state index is -3.99. The molecule has 1 aliphatic heterocycles. The number of fused-ring (bicyclic) bond motifs is 1. The zero-order valence-electron chi connectivity index (χ0n) is 17.6. The van der Waals surface area contributed by atoms with Crippen LogP contribution >= 0.6 is 0 Å². The van der Waals surface area contributed by atoms with Gasteiger partial charge in [0.25, 0.3) is 0 Å². The first-order valence-electron chi connectivity index (χ1n) is 9.80. The number of rotatable bonds is 7. The van der Waals surface area contributed by atoms with Crippen molar-refractivity contribution in [1.29, 1.82) is 0 Å². The zero-order valence-corrected chi connectivity index (χ0v) is 18.4. The molecule has 1 aromatic carbocycles. The number of hydrogen-bond acceptors (Lipinski definition) is 6. The van der Waals surface area contributed by atoms with Crippen molar-refractivity contribution in [3.8, 4) is 5.75 Å². The molecule has 32 heavy (non-hydrogen) atoms. The van der Waals surface area contributed by atoms with Crippen molar-refractivity contribution in [2.75, 3.05) is 25.0 Å². The van der Waals surface area contributed by atoms with Gasteiger partial charge >= 0.3 is 6.61 Å². The van der Waals surface area contributed by atoms with Crippen molar-refractivity contribution in [3.05, 3.63) is 42.4 Å². The number of benzene rings is 1. The van der Waals surface area contributed by atoms with E-state index in [0.29, 0.717) is 22.6 Å². The van der Waals surface area contributed by atoms with Gasteiger partial charge in [-0.3, -0.25) is 0 Å². The van der Waals surface area contributed by atoms with Crippen molar-refractivity contribution in [3.63, 3.8) is 0 Å². The molecule has 0 N–H and O–H groups in total. The number of sulfonamides is 1. The first-order chi connectivity index (χ1) is 15.1. The fraction of sp³-hybridized carbons (Fsp3) is 0.400. The minimum Gasteiger partial charge on any atom is -0.433 e. The highest BCUT2D eigenvalue weighted by Crippen LogP contribution is 2.39. The quantitative estimate of drug-likeness (QED) is 0.528. The van der Waals surface area contributed by atoms with Crippen molar-refractivity contribution < 1.29 is 26.3 Å². The zero-order chi connectivity index (χ0) is 23.2. The van der Waals surface area contributed by atoms with Crippen LogP contribution in [0.5, 0.6) is 5.75 Å². The van der Waals surface area contributed by atoms with Gasteiger partial charge in [-0.15, -0.1) is 0 Å². The Morgan fingerprint density at radius 3 is 2.56 bits per heavy atom. The highest BCUT2D eigenvalue weighted by molar-refractivity contribution is 7.89. The summed E-state index contributed by atoms with van der Waals surface area (Å²) in [5.74, 6) is 0.199. The number of imidazole rings is 1. The second-order valence-corrected chi connectivity index (χ2v) is 9.85. The number of hydrogen-bond donors (Lipinski definition) is 0. The molecule has 1 atom stereocenters. The lowest BCUT2D eigenvalue weighted by atomic mass is 9.93. The van der Waals surface area contributed by atoms with Crippen molar-refractivity contribution in [2.24, 2.45) is 7.05 Å². The molecule has 3 heterocycles. The monoisotopic (exact) mass is 469 g/mol. The molecule has 12 heteroatoms. The predicted molar refractivity (Wildman–Crippen MR) is 113 cm³/mol. The Balaban J connectivity index is 1.62. The molecule has 4 rings (SSSR count). The molecule has 0 radical (unpaired) electrons. The first-order valence-corrected chi connectivity index (χ1v) is 11.3. The van der Waals surface area contributed by atoms with E-state index in [1.807, 2.05) is 11.6 Å². The Kier molecular flexibility index (Phi) is 5.76. The van der Waals surface area contributed by atoms with Gasteiger partial charge in [0, 0.05) is 39.2 Å². The summed E-state index contributed by atoms with van der Waals surface area (Å²) in [5, 5.41) is 0. The fourth-order valence-electron chi connectivity index (χ4n) is 3.64. The maximum absolute atomic E-state index is 13.3. The number of nitrogens with zero attached hydrogens (tertiary/aromatic N) is 5. The molecule has 3 aromatic rings. The Labute approximate surface area is 183 Å². The summed E-state index contributed by atoms with van der Waals surface area (Å²) in [5.41, 5.74) is 0.528. The van der Waals surface area contributed by atoms with Crippen LogP contribution in [0.25, 0.3) is 11.0 Å². The molecule has 0 aliphatic carbocycles. The second kappa shape index (κ2) is 8.24. The topological polar surface area (TPSA) is 80.6 Å². The smallest absolute Gasteiger partial charge is 0.387 e. The van der Waals surface area contributed by atoms with E-state index in [1.54, 1.807) is 42.7 Å².